The highest BCUT2D eigenvalue weighted by Crippen LogP contribution is 2.44. The van der Waals surface area contributed by atoms with E-state index in [0.717, 1.165) is 0 Å². The van der Waals surface area contributed by atoms with Gasteiger partial charge in [0.15, 0.2) is 17.7 Å². The van der Waals surface area contributed by atoms with E-state index in [1.807, 2.05) is 0 Å². The molecule has 0 aromatic carbocycles. The van der Waals surface area contributed by atoms with E-state index in [1.165, 1.54) is 0 Å². The molecule has 1 N–H and O–H groups in total. The molecule has 3 aliphatic rings. The van der Waals surface area contributed by atoms with Crippen LogP contribution in [0.3, 0.4) is 0 Å². The predicted octanol–water partition coefficient (Wildman–Crippen LogP) is -0.731. The van der Waals surface area contributed by atoms with Gasteiger partial charge in [0.2, 0.25) is 6.54 Å². The summed E-state index contributed by atoms with van der Waals surface area (Å²) in [5.74, 6) is -0.770. The molecule has 8 nitrogen and oxygen atoms in total. The molecule has 0 amide bonds. The Kier molecular flexibility index (Phi) is 2.46. The van der Waals surface area contributed by atoms with Gasteiger partial charge in [-0.25, -0.2) is 0 Å². The normalized spacial score (nSPS) is 49.1. The molecule has 0 radical (unpaired) electrons. The number of fused-ring (bicyclic) bond motifs is 3. The van der Waals surface area contributed by atoms with Crippen LogP contribution in [0.2, 0.25) is 0 Å². The van der Waals surface area contributed by atoms with Crippen molar-refractivity contribution in [1.29, 1.82) is 0 Å². The largest absolute Gasteiger partial charge is 0.378 e. The summed E-state index contributed by atoms with van der Waals surface area (Å²) in [6.45, 7) is 2.76. The van der Waals surface area contributed by atoms with Gasteiger partial charge in [0.1, 0.15) is 18.3 Å². The zero-order valence-electron chi connectivity index (χ0n) is 10.1. The van der Waals surface area contributed by atoms with Gasteiger partial charge in [0.05, 0.1) is 6.61 Å². The summed E-state index contributed by atoms with van der Waals surface area (Å²) in [4.78, 5) is 10.00. The number of rotatable bonds is 2. The molecule has 5 atom stereocenters. The molecule has 3 fully saturated rings. The predicted molar refractivity (Wildman–Crippen MR) is 55.2 cm³/mol. The van der Waals surface area contributed by atoms with Gasteiger partial charge in [-0.2, -0.15) is 0 Å². The molecule has 3 aliphatic heterocycles. The maximum atomic E-state index is 10.6. The quantitative estimate of drug-likeness (QED) is 0.516. The lowest BCUT2D eigenvalue weighted by atomic mass is 9.96. The lowest BCUT2D eigenvalue weighted by Crippen LogP contribution is -2.49. The van der Waals surface area contributed by atoms with Crippen LogP contribution in [0.1, 0.15) is 13.8 Å². The average Bonchev–Trinajstić information content (AvgIpc) is 2.75. The molecule has 0 aliphatic carbocycles. The van der Waals surface area contributed by atoms with E-state index in [-0.39, 0.29) is 6.61 Å². The number of aliphatic hydroxyl groups is 1. The zero-order valence-corrected chi connectivity index (χ0v) is 10.1. The van der Waals surface area contributed by atoms with Crippen LogP contribution in [0.15, 0.2) is 0 Å². The average molecular weight is 261 g/mol. The summed E-state index contributed by atoms with van der Waals surface area (Å²) in [6, 6.07) is 0. The molecule has 0 spiro atoms. The van der Waals surface area contributed by atoms with Gasteiger partial charge in [-0.3, -0.25) is 10.1 Å². The fourth-order valence-electron chi connectivity index (χ4n) is 2.78. The van der Waals surface area contributed by atoms with Gasteiger partial charge in [-0.1, -0.05) is 0 Å². The van der Waals surface area contributed by atoms with Crippen LogP contribution in [0.5, 0.6) is 0 Å². The van der Waals surface area contributed by atoms with E-state index in [9.17, 15) is 15.2 Å². The van der Waals surface area contributed by atoms with Crippen LogP contribution in [0, 0.1) is 10.1 Å². The Morgan fingerprint density at radius 1 is 1.39 bits per heavy atom. The first-order valence-corrected chi connectivity index (χ1v) is 5.78. The summed E-state index contributed by atoms with van der Waals surface area (Å²) in [7, 11) is 0. The lowest BCUT2D eigenvalue weighted by Gasteiger charge is -2.25. The maximum Gasteiger partial charge on any atom is 0.237 e. The van der Waals surface area contributed by atoms with E-state index in [2.05, 4.69) is 0 Å². The topological polar surface area (TPSA) is 100 Å². The molecule has 102 valence electrons. The molecule has 3 rings (SSSR count). The van der Waals surface area contributed by atoms with Crippen molar-refractivity contribution in [2.24, 2.45) is 0 Å². The summed E-state index contributed by atoms with van der Waals surface area (Å²) >= 11 is 0. The second kappa shape index (κ2) is 3.61. The van der Waals surface area contributed by atoms with E-state index in [0.29, 0.717) is 0 Å². The van der Waals surface area contributed by atoms with Crippen molar-refractivity contribution in [3.8, 4) is 0 Å². The fourth-order valence-corrected chi connectivity index (χ4v) is 2.78. The second-order valence-corrected chi connectivity index (χ2v) is 5.40. The van der Waals surface area contributed by atoms with Crippen LogP contribution < -0.4 is 0 Å². The molecule has 0 unspecified atom stereocenters. The van der Waals surface area contributed by atoms with Crippen LogP contribution >= 0.6 is 0 Å². The highest BCUT2D eigenvalue weighted by atomic mass is 16.8. The molecule has 0 saturated carbocycles. The Morgan fingerprint density at radius 3 is 2.78 bits per heavy atom. The Hall–Kier alpha value is -0.800. The SMILES string of the molecule is CC1(C)O[C@H]2O[C@H]3[C@H](OC[C@]3(O)C[N+](=O)[O-])[C@H]2O1. The molecule has 0 bridgehead atoms. The standard InChI is InChI=1S/C10H15NO7/c1-9(2)17-6-5-7(16-8(6)18-9)10(12,4-15-5)3-11(13)14/h5-8,12H,3-4H2,1-2H3/t5-,6-,7+,8-,10-/m1/s1. The summed E-state index contributed by atoms with van der Waals surface area (Å²) in [5.41, 5.74) is -1.62. The minimum Gasteiger partial charge on any atom is -0.378 e. The molecule has 0 aromatic heterocycles. The first kappa shape index (κ1) is 12.2. The highest BCUT2D eigenvalue weighted by molar-refractivity contribution is 5.07. The molecular weight excluding hydrogens is 246 g/mol. The van der Waals surface area contributed by atoms with Gasteiger partial charge in [0.25, 0.3) is 0 Å². The van der Waals surface area contributed by atoms with E-state index < -0.39 is 47.5 Å². The van der Waals surface area contributed by atoms with Gasteiger partial charge >= 0.3 is 0 Å². The highest BCUT2D eigenvalue weighted by Gasteiger charge is 2.65. The summed E-state index contributed by atoms with van der Waals surface area (Å²) in [6.07, 6.45) is -2.41. The van der Waals surface area contributed by atoms with Crippen LogP contribution in [0.25, 0.3) is 0 Å². The van der Waals surface area contributed by atoms with Gasteiger partial charge in [-0.15, -0.1) is 0 Å². The van der Waals surface area contributed by atoms with Crippen molar-refractivity contribution in [1.82, 2.24) is 0 Å². The molecule has 3 saturated heterocycles. The Balaban J connectivity index is 1.78. The number of nitrogens with zero attached hydrogens (tertiary/aromatic N) is 1. The fraction of sp³-hybridized carbons (Fsp3) is 1.00. The smallest absolute Gasteiger partial charge is 0.237 e. The van der Waals surface area contributed by atoms with Crippen LogP contribution in [-0.2, 0) is 18.9 Å². The number of hydrogen-bond donors (Lipinski definition) is 1. The van der Waals surface area contributed by atoms with Gasteiger partial charge in [-0.05, 0) is 13.8 Å². The third-order valence-corrected chi connectivity index (χ3v) is 3.45. The Bertz CT molecular complexity index is 386. The van der Waals surface area contributed by atoms with Crippen molar-refractivity contribution < 1.29 is 29.0 Å². The number of nitro groups is 1. The third-order valence-electron chi connectivity index (χ3n) is 3.45. The Labute approximate surface area is 103 Å². The monoisotopic (exact) mass is 261 g/mol. The molecule has 8 heteroatoms. The minimum atomic E-state index is -1.62. The summed E-state index contributed by atoms with van der Waals surface area (Å²) < 4.78 is 22.1. The third kappa shape index (κ3) is 1.72. The van der Waals surface area contributed by atoms with Crippen molar-refractivity contribution >= 4 is 0 Å². The first-order valence-electron chi connectivity index (χ1n) is 5.78. The molecule has 18 heavy (non-hydrogen) atoms. The first-order chi connectivity index (χ1) is 8.31. The van der Waals surface area contributed by atoms with Crippen LogP contribution in [0.4, 0.5) is 0 Å². The second-order valence-electron chi connectivity index (χ2n) is 5.40. The Morgan fingerprint density at radius 2 is 2.11 bits per heavy atom. The van der Waals surface area contributed by atoms with Crippen molar-refractivity contribution in [2.45, 2.75) is 49.8 Å². The van der Waals surface area contributed by atoms with Crippen LogP contribution in [-0.4, -0.2) is 59.2 Å². The lowest BCUT2D eigenvalue weighted by molar-refractivity contribution is -0.503. The zero-order chi connectivity index (χ0) is 13.1. The van der Waals surface area contributed by atoms with E-state index >= 15 is 0 Å². The van der Waals surface area contributed by atoms with E-state index in [1.54, 1.807) is 13.8 Å². The minimum absolute atomic E-state index is 0.129. The van der Waals surface area contributed by atoms with E-state index in [4.69, 9.17) is 18.9 Å². The van der Waals surface area contributed by atoms with Crippen molar-refractivity contribution in [3.05, 3.63) is 10.1 Å². The summed E-state index contributed by atoms with van der Waals surface area (Å²) in [5, 5.41) is 20.8. The molecule has 3 heterocycles. The maximum absolute atomic E-state index is 10.6. The number of hydrogen-bond acceptors (Lipinski definition) is 7. The van der Waals surface area contributed by atoms with Gasteiger partial charge < -0.3 is 24.1 Å². The molecule has 0 aromatic rings. The van der Waals surface area contributed by atoms with Gasteiger partial charge in [0, 0.05) is 4.92 Å². The molecular formula is C10H15NO7. The number of ether oxygens (including phenoxy) is 4. The van der Waals surface area contributed by atoms with Crippen molar-refractivity contribution in [3.63, 3.8) is 0 Å². The van der Waals surface area contributed by atoms with Crippen molar-refractivity contribution in [2.75, 3.05) is 13.2 Å².